The summed E-state index contributed by atoms with van der Waals surface area (Å²) in [6, 6.07) is 12.6. The molecule has 2 rings (SSSR count). The highest BCUT2D eigenvalue weighted by molar-refractivity contribution is 6.32. The SMILES string of the molecule is CCOc1ccc(NC(=O)Cc2ccc(OC)cc2)cc1Cl. The van der Waals surface area contributed by atoms with Crippen LogP contribution in [0.15, 0.2) is 42.5 Å². The van der Waals surface area contributed by atoms with E-state index in [0.29, 0.717) is 23.1 Å². The van der Waals surface area contributed by atoms with Gasteiger partial charge in [-0.1, -0.05) is 23.7 Å². The van der Waals surface area contributed by atoms with Crippen LogP contribution >= 0.6 is 11.6 Å². The van der Waals surface area contributed by atoms with Crippen LogP contribution in [0.5, 0.6) is 11.5 Å². The first kappa shape index (κ1) is 16.2. The molecule has 0 aromatic heterocycles. The summed E-state index contributed by atoms with van der Waals surface area (Å²) >= 11 is 6.09. The zero-order valence-electron chi connectivity index (χ0n) is 12.6. The summed E-state index contributed by atoms with van der Waals surface area (Å²) in [6.45, 7) is 2.43. The van der Waals surface area contributed by atoms with Crippen molar-refractivity contribution in [1.82, 2.24) is 0 Å². The predicted octanol–water partition coefficient (Wildman–Crippen LogP) is 3.93. The predicted molar refractivity (Wildman–Crippen MR) is 87.9 cm³/mol. The van der Waals surface area contributed by atoms with E-state index >= 15 is 0 Å². The van der Waals surface area contributed by atoms with Gasteiger partial charge in [-0.25, -0.2) is 0 Å². The molecule has 1 amide bonds. The second-order valence-electron chi connectivity index (χ2n) is 4.65. The highest BCUT2D eigenvalue weighted by Crippen LogP contribution is 2.27. The van der Waals surface area contributed by atoms with Crippen molar-refractivity contribution >= 4 is 23.2 Å². The van der Waals surface area contributed by atoms with Crippen LogP contribution in [0.25, 0.3) is 0 Å². The van der Waals surface area contributed by atoms with E-state index in [1.165, 1.54) is 0 Å². The van der Waals surface area contributed by atoms with Gasteiger partial charge in [0.1, 0.15) is 11.5 Å². The topological polar surface area (TPSA) is 47.6 Å². The minimum absolute atomic E-state index is 0.106. The average Bonchev–Trinajstić information content (AvgIpc) is 2.51. The highest BCUT2D eigenvalue weighted by Gasteiger charge is 2.07. The molecule has 1 N–H and O–H groups in total. The third-order valence-corrected chi connectivity index (χ3v) is 3.33. The third-order valence-electron chi connectivity index (χ3n) is 3.04. The molecule has 0 saturated heterocycles. The Morgan fingerprint density at radius 1 is 1.18 bits per heavy atom. The average molecular weight is 320 g/mol. The minimum atomic E-state index is -0.106. The number of benzene rings is 2. The molecule has 0 saturated carbocycles. The standard InChI is InChI=1S/C17H18ClNO3/c1-3-22-16-9-6-13(11-15(16)18)19-17(20)10-12-4-7-14(21-2)8-5-12/h4-9,11H,3,10H2,1-2H3,(H,19,20). The van der Waals surface area contributed by atoms with Gasteiger partial charge in [0.25, 0.3) is 0 Å². The second-order valence-corrected chi connectivity index (χ2v) is 5.06. The van der Waals surface area contributed by atoms with Crippen molar-refractivity contribution in [3.05, 3.63) is 53.1 Å². The number of carbonyl (C=O) groups is 1. The number of carbonyl (C=O) groups excluding carboxylic acids is 1. The van der Waals surface area contributed by atoms with Crippen molar-refractivity contribution in [2.24, 2.45) is 0 Å². The molecule has 0 aliphatic rings. The van der Waals surface area contributed by atoms with Gasteiger partial charge in [0.2, 0.25) is 5.91 Å². The number of hydrogen-bond acceptors (Lipinski definition) is 3. The van der Waals surface area contributed by atoms with Gasteiger partial charge in [-0.05, 0) is 42.8 Å². The summed E-state index contributed by atoms with van der Waals surface area (Å²) < 4.78 is 10.4. The first-order chi connectivity index (χ1) is 10.6. The van der Waals surface area contributed by atoms with Crippen LogP contribution in [0.3, 0.4) is 0 Å². The van der Waals surface area contributed by atoms with E-state index in [1.54, 1.807) is 25.3 Å². The minimum Gasteiger partial charge on any atom is -0.497 e. The normalized spacial score (nSPS) is 10.1. The Bertz CT molecular complexity index is 641. The lowest BCUT2D eigenvalue weighted by molar-refractivity contribution is -0.115. The van der Waals surface area contributed by atoms with Crippen molar-refractivity contribution in [2.75, 3.05) is 19.0 Å². The van der Waals surface area contributed by atoms with Crippen LogP contribution in [0, 0.1) is 0 Å². The van der Waals surface area contributed by atoms with Gasteiger partial charge in [-0.2, -0.15) is 0 Å². The number of halogens is 1. The molecule has 0 heterocycles. The molecule has 0 atom stereocenters. The highest BCUT2D eigenvalue weighted by atomic mass is 35.5. The number of methoxy groups -OCH3 is 1. The monoisotopic (exact) mass is 319 g/mol. The number of amides is 1. The van der Waals surface area contributed by atoms with Gasteiger partial charge in [-0.15, -0.1) is 0 Å². The smallest absolute Gasteiger partial charge is 0.228 e. The summed E-state index contributed by atoms with van der Waals surface area (Å²) in [6.07, 6.45) is 0.287. The van der Waals surface area contributed by atoms with Gasteiger partial charge in [0, 0.05) is 5.69 Å². The van der Waals surface area contributed by atoms with Crippen molar-refractivity contribution in [2.45, 2.75) is 13.3 Å². The molecule has 2 aromatic rings. The summed E-state index contributed by atoms with van der Waals surface area (Å²) in [5.74, 6) is 1.27. The maximum absolute atomic E-state index is 12.0. The van der Waals surface area contributed by atoms with Gasteiger partial charge in [0.05, 0.1) is 25.2 Å². The Hall–Kier alpha value is -2.20. The Morgan fingerprint density at radius 3 is 2.50 bits per heavy atom. The molecule has 116 valence electrons. The molecule has 5 heteroatoms. The van der Waals surface area contributed by atoms with Crippen molar-refractivity contribution in [3.8, 4) is 11.5 Å². The lowest BCUT2D eigenvalue weighted by Crippen LogP contribution is -2.14. The second kappa shape index (κ2) is 7.71. The maximum atomic E-state index is 12.0. The number of hydrogen-bond donors (Lipinski definition) is 1. The quantitative estimate of drug-likeness (QED) is 0.877. The van der Waals surface area contributed by atoms with Gasteiger partial charge >= 0.3 is 0 Å². The first-order valence-electron chi connectivity index (χ1n) is 6.97. The molecule has 2 aromatic carbocycles. The van der Waals surface area contributed by atoms with Gasteiger partial charge in [0.15, 0.2) is 0 Å². The summed E-state index contributed by atoms with van der Waals surface area (Å²) in [7, 11) is 1.61. The van der Waals surface area contributed by atoms with E-state index in [-0.39, 0.29) is 12.3 Å². The fraction of sp³-hybridized carbons (Fsp3) is 0.235. The van der Waals surface area contributed by atoms with Crippen molar-refractivity contribution < 1.29 is 14.3 Å². The number of ether oxygens (including phenoxy) is 2. The third kappa shape index (κ3) is 4.40. The van der Waals surface area contributed by atoms with Crippen LogP contribution < -0.4 is 14.8 Å². The molecule has 0 fully saturated rings. The molecule has 0 bridgehead atoms. The van der Waals surface area contributed by atoms with Crippen molar-refractivity contribution in [3.63, 3.8) is 0 Å². The van der Waals surface area contributed by atoms with E-state index in [2.05, 4.69) is 5.32 Å². The van der Waals surface area contributed by atoms with E-state index in [1.807, 2.05) is 31.2 Å². The van der Waals surface area contributed by atoms with E-state index < -0.39 is 0 Å². The Labute approximate surface area is 135 Å². The molecule has 0 unspecified atom stereocenters. The number of nitrogens with one attached hydrogen (secondary N) is 1. The largest absolute Gasteiger partial charge is 0.497 e. The number of rotatable bonds is 6. The summed E-state index contributed by atoms with van der Waals surface area (Å²) in [5.41, 5.74) is 1.56. The first-order valence-corrected chi connectivity index (χ1v) is 7.35. The lowest BCUT2D eigenvalue weighted by atomic mass is 10.1. The zero-order valence-corrected chi connectivity index (χ0v) is 13.3. The molecular formula is C17H18ClNO3. The van der Waals surface area contributed by atoms with E-state index in [9.17, 15) is 4.79 Å². The molecule has 0 aliphatic carbocycles. The Balaban J connectivity index is 1.97. The van der Waals surface area contributed by atoms with E-state index in [0.717, 1.165) is 11.3 Å². The van der Waals surface area contributed by atoms with Crippen LogP contribution in [0.1, 0.15) is 12.5 Å². The zero-order chi connectivity index (χ0) is 15.9. The fourth-order valence-electron chi connectivity index (χ4n) is 1.99. The molecule has 22 heavy (non-hydrogen) atoms. The molecular weight excluding hydrogens is 302 g/mol. The van der Waals surface area contributed by atoms with Crippen molar-refractivity contribution in [1.29, 1.82) is 0 Å². The van der Waals surface area contributed by atoms with Crippen LogP contribution in [0.2, 0.25) is 5.02 Å². The summed E-state index contributed by atoms with van der Waals surface area (Å²) in [5, 5.41) is 3.29. The molecule has 0 spiro atoms. The fourth-order valence-corrected chi connectivity index (χ4v) is 2.22. The Kier molecular flexibility index (Phi) is 5.67. The molecule has 0 radical (unpaired) electrons. The van der Waals surface area contributed by atoms with Gasteiger partial charge in [-0.3, -0.25) is 4.79 Å². The van der Waals surface area contributed by atoms with Crippen LogP contribution in [-0.4, -0.2) is 19.6 Å². The Morgan fingerprint density at radius 2 is 1.91 bits per heavy atom. The number of anilines is 1. The van der Waals surface area contributed by atoms with Gasteiger partial charge < -0.3 is 14.8 Å². The molecule has 4 nitrogen and oxygen atoms in total. The lowest BCUT2D eigenvalue weighted by Gasteiger charge is -2.09. The molecule has 0 aliphatic heterocycles. The van der Waals surface area contributed by atoms with Crippen LogP contribution in [-0.2, 0) is 11.2 Å². The maximum Gasteiger partial charge on any atom is 0.228 e. The van der Waals surface area contributed by atoms with E-state index in [4.69, 9.17) is 21.1 Å². The summed E-state index contributed by atoms with van der Waals surface area (Å²) in [4.78, 5) is 12.0. The van der Waals surface area contributed by atoms with Crippen LogP contribution in [0.4, 0.5) is 5.69 Å².